The Morgan fingerprint density at radius 1 is 0.550 bits per heavy atom. The molecule has 2 aliphatic heterocycles. The second-order valence-electron chi connectivity index (χ2n) is 10.9. The van der Waals surface area contributed by atoms with Crippen molar-refractivity contribution in [2.45, 2.75) is 77.0 Å². The smallest absolute Gasteiger partial charge is 0.321 e. The van der Waals surface area contributed by atoms with E-state index in [2.05, 4.69) is 0 Å². The van der Waals surface area contributed by atoms with Gasteiger partial charge in [-0.3, -0.25) is 48.2 Å². The molecule has 0 N–H and O–H groups in total. The van der Waals surface area contributed by atoms with Gasteiger partial charge in [-0.1, -0.05) is 38.5 Å². The first-order valence-electron chi connectivity index (χ1n) is 13.6. The molecule has 0 spiro atoms. The van der Waals surface area contributed by atoms with E-state index in [-0.39, 0.29) is 13.1 Å². The van der Waals surface area contributed by atoms with Gasteiger partial charge in [-0.25, -0.2) is 0 Å². The highest BCUT2D eigenvalue weighted by Crippen LogP contribution is 2.40. The number of hydrogen-bond acceptors (Lipinski definition) is 10. The molecular formula is C28H32N2O10. The minimum absolute atomic E-state index is 0.194. The fourth-order valence-corrected chi connectivity index (χ4v) is 5.82. The molecule has 2 aliphatic carbocycles. The van der Waals surface area contributed by atoms with Crippen LogP contribution >= 0.6 is 0 Å². The fourth-order valence-electron chi connectivity index (χ4n) is 5.82. The van der Waals surface area contributed by atoms with Crippen molar-refractivity contribution in [3.63, 3.8) is 0 Å². The Balaban J connectivity index is 1.32. The second kappa shape index (κ2) is 12.1. The molecule has 4 rings (SSSR count). The molecule has 40 heavy (non-hydrogen) atoms. The molecule has 0 atom stereocenters. The molecule has 4 aliphatic rings. The maximum atomic E-state index is 13.1. The van der Waals surface area contributed by atoms with Crippen molar-refractivity contribution in [1.29, 1.82) is 0 Å². The SMILES string of the molecule is O=C(CCC(=O)OC(=O)C1(CN2C(=O)C=CC2=O)CCCCC1)OC(=O)C1(CN2C(=O)C=CC2=O)CCCCC1. The Hall–Kier alpha value is -3.96. The molecule has 0 unspecified atom stereocenters. The van der Waals surface area contributed by atoms with Gasteiger partial charge in [0.25, 0.3) is 23.6 Å². The topological polar surface area (TPSA) is 162 Å². The number of ether oxygens (including phenoxy) is 2. The number of amides is 4. The Labute approximate surface area is 230 Å². The zero-order chi connectivity index (χ0) is 28.9. The van der Waals surface area contributed by atoms with Gasteiger partial charge in [0.05, 0.1) is 23.7 Å². The number of hydrogen-bond donors (Lipinski definition) is 0. The van der Waals surface area contributed by atoms with Gasteiger partial charge < -0.3 is 9.47 Å². The van der Waals surface area contributed by atoms with E-state index in [0.29, 0.717) is 51.4 Å². The second-order valence-corrected chi connectivity index (χ2v) is 10.9. The van der Waals surface area contributed by atoms with E-state index in [1.54, 1.807) is 0 Å². The first-order valence-corrected chi connectivity index (χ1v) is 13.6. The van der Waals surface area contributed by atoms with Gasteiger partial charge in [0, 0.05) is 37.4 Å². The van der Waals surface area contributed by atoms with Crippen LogP contribution in [0.2, 0.25) is 0 Å². The maximum absolute atomic E-state index is 13.1. The summed E-state index contributed by atoms with van der Waals surface area (Å²) in [5.74, 6) is -5.85. The summed E-state index contributed by atoms with van der Waals surface area (Å²) in [7, 11) is 0. The first kappa shape index (κ1) is 29.0. The van der Waals surface area contributed by atoms with Crippen molar-refractivity contribution >= 4 is 47.5 Å². The van der Waals surface area contributed by atoms with Gasteiger partial charge in [-0.15, -0.1) is 0 Å². The van der Waals surface area contributed by atoms with Crippen molar-refractivity contribution in [3.8, 4) is 0 Å². The number of carbonyl (C=O) groups is 8. The van der Waals surface area contributed by atoms with Crippen LogP contribution in [0.1, 0.15) is 77.0 Å². The van der Waals surface area contributed by atoms with Crippen molar-refractivity contribution in [3.05, 3.63) is 24.3 Å². The lowest BCUT2D eigenvalue weighted by molar-refractivity contribution is -0.175. The van der Waals surface area contributed by atoms with Crippen molar-refractivity contribution in [2.75, 3.05) is 13.1 Å². The lowest BCUT2D eigenvalue weighted by Gasteiger charge is -2.36. The predicted octanol–water partition coefficient (Wildman–Crippen LogP) is 1.66. The molecule has 214 valence electrons. The normalized spacial score (nSPS) is 21.6. The van der Waals surface area contributed by atoms with Gasteiger partial charge in [-0.2, -0.15) is 0 Å². The van der Waals surface area contributed by atoms with E-state index in [1.165, 1.54) is 0 Å². The summed E-state index contributed by atoms with van der Waals surface area (Å²) >= 11 is 0. The van der Waals surface area contributed by atoms with E-state index >= 15 is 0 Å². The molecule has 0 bridgehead atoms. The standard InChI is InChI=1S/C28H32N2O10/c31-19-7-8-20(32)29(19)17-27(13-3-1-4-14-27)25(37)39-23(35)11-12-24(36)40-26(38)28(15-5-2-6-16-28)18-30-21(33)9-10-22(30)34/h7-10H,1-6,11-18H2. The summed E-state index contributed by atoms with van der Waals surface area (Å²) in [6.07, 6.45) is 9.15. The minimum atomic E-state index is -1.21. The molecule has 0 aromatic heterocycles. The minimum Gasteiger partial charge on any atom is -0.393 e. The van der Waals surface area contributed by atoms with Crippen LogP contribution in [0.15, 0.2) is 24.3 Å². The molecule has 2 heterocycles. The van der Waals surface area contributed by atoms with Gasteiger partial charge in [0.2, 0.25) is 0 Å². The van der Waals surface area contributed by atoms with Gasteiger partial charge >= 0.3 is 23.9 Å². The van der Waals surface area contributed by atoms with Gasteiger partial charge in [0.1, 0.15) is 0 Å². The summed E-state index contributed by atoms with van der Waals surface area (Å²) in [5.41, 5.74) is -2.43. The zero-order valence-electron chi connectivity index (χ0n) is 22.2. The number of carbonyl (C=O) groups excluding carboxylic acids is 8. The third-order valence-corrected chi connectivity index (χ3v) is 8.16. The predicted molar refractivity (Wildman–Crippen MR) is 134 cm³/mol. The molecule has 2 fully saturated rings. The fraction of sp³-hybridized carbons (Fsp3) is 0.571. The van der Waals surface area contributed by atoms with Crippen molar-refractivity contribution < 1.29 is 47.8 Å². The molecule has 0 saturated heterocycles. The van der Waals surface area contributed by atoms with Crippen LogP contribution in [-0.4, -0.2) is 70.4 Å². The quantitative estimate of drug-likeness (QED) is 0.232. The molecule has 4 amide bonds. The van der Waals surface area contributed by atoms with E-state index in [9.17, 15) is 38.4 Å². The number of imide groups is 2. The molecule has 2 saturated carbocycles. The van der Waals surface area contributed by atoms with Crippen LogP contribution in [0.5, 0.6) is 0 Å². The summed E-state index contributed by atoms with van der Waals surface area (Å²) in [6, 6.07) is 0. The first-order chi connectivity index (χ1) is 19.0. The summed E-state index contributed by atoms with van der Waals surface area (Å²) in [6.45, 7) is -0.389. The molecule has 0 aromatic rings. The highest BCUT2D eigenvalue weighted by atomic mass is 16.6. The number of nitrogens with zero attached hydrogens (tertiary/aromatic N) is 2. The Morgan fingerprint density at radius 3 is 1.15 bits per heavy atom. The maximum Gasteiger partial charge on any atom is 0.321 e. The van der Waals surface area contributed by atoms with Crippen LogP contribution in [0.4, 0.5) is 0 Å². The van der Waals surface area contributed by atoms with Crippen LogP contribution in [0.3, 0.4) is 0 Å². The molecule has 12 heteroatoms. The molecular weight excluding hydrogens is 524 g/mol. The van der Waals surface area contributed by atoms with E-state index < -0.39 is 71.2 Å². The highest BCUT2D eigenvalue weighted by Gasteiger charge is 2.47. The monoisotopic (exact) mass is 556 g/mol. The van der Waals surface area contributed by atoms with E-state index in [1.807, 2.05) is 0 Å². The average molecular weight is 557 g/mol. The summed E-state index contributed by atoms with van der Waals surface area (Å²) in [5, 5.41) is 0. The molecule has 12 nitrogen and oxygen atoms in total. The van der Waals surface area contributed by atoms with Crippen molar-refractivity contribution in [1.82, 2.24) is 9.80 Å². The van der Waals surface area contributed by atoms with Gasteiger partial charge in [0.15, 0.2) is 0 Å². The van der Waals surface area contributed by atoms with Gasteiger partial charge in [-0.05, 0) is 25.7 Å². The molecule has 0 radical (unpaired) electrons. The van der Waals surface area contributed by atoms with Crippen LogP contribution < -0.4 is 0 Å². The molecule has 0 aromatic carbocycles. The highest BCUT2D eigenvalue weighted by molar-refractivity contribution is 6.13. The van der Waals surface area contributed by atoms with Crippen LogP contribution in [0.25, 0.3) is 0 Å². The third kappa shape index (κ3) is 6.26. The average Bonchev–Trinajstić information content (AvgIpc) is 3.43. The summed E-state index contributed by atoms with van der Waals surface area (Å²) in [4.78, 5) is 101. The van der Waals surface area contributed by atoms with Crippen molar-refractivity contribution in [2.24, 2.45) is 10.8 Å². The number of rotatable bonds is 9. The Bertz CT molecular complexity index is 1060. The lowest BCUT2D eigenvalue weighted by atomic mass is 9.73. The van der Waals surface area contributed by atoms with E-state index in [0.717, 1.165) is 46.9 Å². The lowest BCUT2D eigenvalue weighted by Crippen LogP contribution is -2.48. The Morgan fingerprint density at radius 2 is 0.850 bits per heavy atom. The summed E-state index contributed by atoms with van der Waals surface area (Å²) < 4.78 is 10.1. The Kier molecular flexibility index (Phi) is 8.75. The zero-order valence-corrected chi connectivity index (χ0v) is 22.2. The third-order valence-electron chi connectivity index (χ3n) is 8.16. The van der Waals surface area contributed by atoms with Crippen LogP contribution in [0, 0.1) is 10.8 Å². The van der Waals surface area contributed by atoms with E-state index in [4.69, 9.17) is 9.47 Å². The largest absolute Gasteiger partial charge is 0.393 e. The van der Waals surface area contributed by atoms with Crippen LogP contribution in [-0.2, 0) is 47.8 Å². The number of esters is 4.